The van der Waals surface area contributed by atoms with Gasteiger partial charge in [-0.3, -0.25) is 4.79 Å². The molecule has 100 valence electrons. The van der Waals surface area contributed by atoms with Crippen LogP contribution in [0.15, 0.2) is 15.2 Å². The highest BCUT2D eigenvalue weighted by atomic mass is 79.9. The third kappa shape index (κ3) is 3.87. The molecule has 6 heteroatoms. The lowest BCUT2D eigenvalue weighted by atomic mass is 10.0. The average molecular weight is 318 g/mol. The third-order valence-electron chi connectivity index (χ3n) is 2.40. The van der Waals surface area contributed by atoms with Crippen molar-refractivity contribution in [2.24, 2.45) is 5.92 Å². The highest BCUT2D eigenvalue weighted by Crippen LogP contribution is 2.19. The number of nitrogens with one attached hydrogen (secondary N) is 1. The first kappa shape index (κ1) is 14.8. The van der Waals surface area contributed by atoms with E-state index in [0.29, 0.717) is 16.7 Å². The maximum absolute atomic E-state index is 11.9. The Morgan fingerprint density at radius 3 is 2.50 bits per heavy atom. The highest BCUT2D eigenvalue weighted by Gasteiger charge is 2.24. The van der Waals surface area contributed by atoms with Crippen molar-refractivity contribution in [3.8, 4) is 0 Å². The molecule has 0 aromatic carbocycles. The maximum Gasteiger partial charge on any atom is 0.326 e. The third-order valence-corrected chi connectivity index (χ3v) is 2.80. The van der Waals surface area contributed by atoms with Crippen molar-refractivity contribution in [2.45, 2.75) is 33.2 Å². The summed E-state index contributed by atoms with van der Waals surface area (Å²) in [5, 5.41) is 11.5. The van der Waals surface area contributed by atoms with Crippen molar-refractivity contribution in [2.75, 3.05) is 0 Å². The molecule has 1 rings (SSSR count). The van der Waals surface area contributed by atoms with Crippen LogP contribution in [0.25, 0.3) is 0 Å². The molecule has 5 nitrogen and oxygen atoms in total. The minimum absolute atomic E-state index is 0.136. The van der Waals surface area contributed by atoms with Crippen LogP contribution in [-0.4, -0.2) is 23.0 Å². The Bertz CT molecular complexity index is 453. The topological polar surface area (TPSA) is 79.5 Å². The van der Waals surface area contributed by atoms with Gasteiger partial charge in [-0.25, -0.2) is 4.79 Å². The molecule has 0 fully saturated rings. The van der Waals surface area contributed by atoms with Crippen LogP contribution in [0.3, 0.4) is 0 Å². The molecule has 2 N–H and O–H groups in total. The molecule has 1 heterocycles. The molecule has 0 radical (unpaired) electrons. The Balaban J connectivity index is 2.78. The minimum atomic E-state index is -1.04. The smallest absolute Gasteiger partial charge is 0.326 e. The standard InChI is InChI=1S/C12H16BrNO4/c1-6(2)4-8(12(16)17)14-11(15)10-7(3)5-9(13)18-10/h5-6,8H,4H2,1-3H3,(H,14,15)(H,16,17)/t8-/m1/s1. The van der Waals surface area contributed by atoms with Crippen LogP contribution in [-0.2, 0) is 4.79 Å². The number of hydrogen-bond donors (Lipinski definition) is 2. The van der Waals surface area contributed by atoms with Gasteiger partial charge in [0, 0.05) is 5.56 Å². The van der Waals surface area contributed by atoms with E-state index in [4.69, 9.17) is 9.52 Å². The highest BCUT2D eigenvalue weighted by molar-refractivity contribution is 9.10. The van der Waals surface area contributed by atoms with Crippen LogP contribution in [0.2, 0.25) is 0 Å². The quantitative estimate of drug-likeness (QED) is 0.874. The zero-order chi connectivity index (χ0) is 13.9. The van der Waals surface area contributed by atoms with Crippen LogP contribution in [0, 0.1) is 12.8 Å². The van der Waals surface area contributed by atoms with Gasteiger partial charge >= 0.3 is 5.97 Å². The van der Waals surface area contributed by atoms with E-state index in [1.54, 1.807) is 13.0 Å². The number of furan rings is 1. The first-order valence-corrected chi connectivity index (χ1v) is 6.40. The Hall–Kier alpha value is -1.30. The second-order valence-corrected chi connectivity index (χ2v) is 5.34. The van der Waals surface area contributed by atoms with E-state index in [0.717, 1.165) is 0 Å². The molecule has 0 bridgehead atoms. The summed E-state index contributed by atoms with van der Waals surface area (Å²) < 4.78 is 5.62. The lowest BCUT2D eigenvalue weighted by Crippen LogP contribution is -2.41. The summed E-state index contributed by atoms with van der Waals surface area (Å²) in [5.74, 6) is -1.24. The molecule has 0 aliphatic carbocycles. The summed E-state index contributed by atoms with van der Waals surface area (Å²) in [6.45, 7) is 5.52. The van der Waals surface area contributed by atoms with Crippen LogP contribution in [0.1, 0.15) is 36.4 Å². The molecule has 1 aromatic rings. The van der Waals surface area contributed by atoms with Crippen molar-refractivity contribution in [3.05, 3.63) is 22.1 Å². The molecule has 0 saturated carbocycles. The number of aryl methyl sites for hydroxylation is 1. The number of amides is 1. The Morgan fingerprint density at radius 1 is 1.50 bits per heavy atom. The summed E-state index contributed by atoms with van der Waals surface area (Å²) in [5.41, 5.74) is 0.660. The summed E-state index contributed by atoms with van der Waals surface area (Å²) >= 11 is 3.12. The molecule has 0 spiro atoms. The van der Waals surface area contributed by atoms with Gasteiger partial charge in [-0.15, -0.1) is 0 Å². The lowest BCUT2D eigenvalue weighted by molar-refractivity contribution is -0.139. The zero-order valence-corrected chi connectivity index (χ0v) is 12.1. The zero-order valence-electron chi connectivity index (χ0n) is 10.5. The predicted octanol–water partition coefficient (Wildman–Crippen LogP) is 2.58. The fourth-order valence-corrected chi connectivity index (χ4v) is 2.09. The Morgan fingerprint density at radius 2 is 2.11 bits per heavy atom. The Labute approximate surface area is 114 Å². The minimum Gasteiger partial charge on any atom is -0.480 e. The summed E-state index contributed by atoms with van der Waals surface area (Å²) in [6.07, 6.45) is 0.377. The molecule has 1 atom stereocenters. The molecule has 0 aliphatic heterocycles. The van der Waals surface area contributed by atoms with Crippen LogP contribution in [0.5, 0.6) is 0 Å². The molecule has 0 aliphatic rings. The second-order valence-electron chi connectivity index (χ2n) is 4.56. The molecular weight excluding hydrogens is 302 g/mol. The van der Waals surface area contributed by atoms with Gasteiger partial charge in [-0.05, 0) is 41.3 Å². The van der Waals surface area contributed by atoms with E-state index in [1.807, 2.05) is 13.8 Å². The maximum atomic E-state index is 11.9. The number of aliphatic carboxylic acids is 1. The molecule has 0 unspecified atom stereocenters. The summed E-state index contributed by atoms with van der Waals surface area (Å²) in [7, 11) is 0. The molecule has 1 amide bonds. The molecule has 0 saturated heterocycles. The summed E-state index contributed by atoms with van der Waals surface area (Å²) in [6, 6.07) is 0.758. The number of carboxylic acids is 1. The number of hydrogen-bond acceptors (Lipinski definition) is 3. The van der Waals surface area contributed by atoms with Gasteiger partial charge in [0.15, 0.2) is 10.4 Å². The lowest BCUT2D eigenvalue weighted by Gasteiger charge is -2.15. The van der Waals surface area contributed by atoms with Gasteiger partial charge in [0.1, 0.15) is 6.04 Å². The monoisotopic (exact) mass is 317 g/mol. The van der Waals surface area contributed by atoms with Crippen molar-refractivity contribution in [3.63, 3.8) is 0 Å². The van der Waals surface area contributed by atoms with Crippen LogP contribution in [0.4, 0.5) is 0 Å². The number of rotatable bonds is 5. The van der Waals surface area contributed by atoms with E-state index in [2.05, 4.69) is 21.2 Å². The van der Waals surface area contributed by atoms with Gasteiger partial charge in [0.2, 0.25) is 0 Å². The molecule has 18 heavy (non-hydrogen) atoms. The first-order valence-electron chi connectivity index (χ1n) is 5.60. The number of carboxylic acid groups (broad SMARTS) is 1. The van der Waals surface area contributed by atoms with E-state index in [1.165, 1.54) is 0 Å². The van der Waals surface area contributed by atoms with Gasteiger partial charge in [0.05, 0.1) is 0 Å². The largest absolute Gasteiger partial charge is 0.480 e. The predicted molar refractivity (Wildman–Crippen MR) is 69.5 cm³/mol. The van der Waals surface area contributed by atoms with E-state index >= 15 is 0 Å². The Kier molecular flexibility index (Phi) is 4.95. The molecule has 1 aromatic heterocycles. The summed E-state index contributed by atoms with van der Waals surface area (Å²) in [4.78, 5) is 22.9. The number of halogens is 1. The van der Waals surface area contributed by atoms with Crippen LogP contribution < -0.4 is 5.32 Å². The van der Waals surface area contributed by atoms with E-state index in [9.17, 15) is 9.59 Å². The second kappa shape index (κ2) is 6.04. The van der Waals surface area contributed by atoms with Gasteiger partial charge in [-0.1, -0.05) is 13.8 Å². The van der Waals surface area contributed by atoms with Crippen molar-refractivity contribution in [1.82, 2.24) is 5.32 Å². The fourth-order valence-electron chi connectivity index (χ4n) is 1.59. The van der Waals surface area contributed by atoms with Gasteiger partial charge in [0.25, 0.3) is 5.91 Å². The number of carbonyl (C=O) groups is 2. The first-order chi connectivity index (χ1) is 8.31. The van der Waals surface area contributed by atoms with Gasteiger partial charge in [-0.2, -0.15) is 0 Å². The van der Waals surface area contributed by atoms with Crippen LogP contribution >= 0.6 is 15.9 Å². The van der Waals surface area contributed by atoms with Crippen molar-refractivity contribution >= 4 is 27.8 Å². The SMILES string of the molecule is Cc1cc(Br)oc1C(=O)N[C@H](CC(C)C)C(=O)O. The average Bonchev–Trinajstić information content (AvgIpc) is 2.56. The number of carbonyl (C=O) groups excluding carboxylic acids is 1. The van der Waals surface area contributed by atoms with Crippen molar-refractivity contribution < 1.29 is 19.1 Å². The van der Waals surface area contributed by atoms with Gasteiger partial charge < -0.3 is 14.8 Å². The fraction of sp³-hybridized carbons (Fsp3) is 0.500. The van der Waals surface area contributed by atoms with E-state index < -0.39 is 17.9 Å². The normalized spacial score (nSPS) is 12.5. The van der Waals surface area contributed by atoms with E-state index in [-0.39, 0.29) is 11.7 Å². The van der Waals surface area contributed by atoms with Crippen molar-refractivity contribution in [1.29, 1.82) is 0 Å². The molecular formula is C12H16BrNO4.